The summed E-state index contributed by atoms with van der Waals surface area (Å²) in [6.07, 6.45) is 4.72. The van der Waals surface area contributed by atoms with Crippen LogP contribution in [0.15, 0.2) is 39.6 Å². The summed E-state index contributed by atoms with van der Waals surface area (Å²) in [6.45, 7) is 2.28. The van der Waals surface area contributed by atoms with Crippen molar-refractivity contribution >= 4 is 15.9 Å². The molecule has 0 amide bonds. The van der Waals surface area contributed by atoms with E-state index in [2.05, 4.69) is 27.8 Å². The van der Waals surface area contributed by atoms with Gasteiger partial charge in [0, 0.05) is 11.5 Å². The molecule has 1 heterocycles. The molecule has 1 aromatic carbocycles. The van der Waals surface area contributed by atoms with E-state index < -0.39 is 0 Å². The zero-order chi connectivity index (χ0) is 14.8. The van der Waals surface area contributed by atoms with Gasteiger partial charge < -0.3 is 4.98 Å². The molecule has 0 bridgehead atoms. The number of H-pyrrole nitrogens is 1. The Morgan fingerprint density at radius 1 is 1.24 bits per heavy atom. The predicted molar refractivity (Wildman–Crippen MR) is 88.4 cm³/mol. The molecule has 21 heavy (non-hydrogen) atoms. The maximum Gasteiger partial charge on any atom is 0.265 e. The molecule has 110 valence electrons. The average Bonchev–Trinajstić information content (AvgIpc) is 2.51. The minimum absolute atomic E-state index is 0.0860. The Morgan fingerprint density at radius 2 is 2.00 bits per heavy atom. The fourth-order valence-corrected chi connectivity index (χ4v) is 3.56. The van der Waals surface area contributed by atoms with Crippen molar-refractivity contribution in [3.05, 3.63) is 51.0 Å². The first-order chi connectivity index (χ1) is 10.1. The molecule has 1 aliphatic rings. The lowest BCUT2D eigenvalue weighted by atomic mass is 9.82. The first kappa shape index (κ1) is 14.5. The summed E-state index contributed by atoms with van der Waals surface area (Å²) < 4.78 is 0.515. The number of aromatic amines is 1. The van der Waals surface area contributed by atoms with Crippen LogP contribution >= 0.6 is 15.9 Å². The van der Waals surface area contributed by atoms with Crippen molar-refractivity contribution in [2.45, 2.75) is 38.5 Å². The molecule has 3 rings (SSSR count). The highest BCUT2D eigenvalue weighted by molar-refractivity contribution is 9.10. The van der Waals surface area contributed by atoms with Gasteiger partial charge in [-0.2, -0.15) is 0 Å². The van der Waals surface area contributed by atoms with Gasteiger partial charge in [-0.05, 0) is 34.7 Å². The van der Waals surface area contributed by atoms with E-state index in [4.69, 9.17) is 4.98 Å². The standard InChI is InChI=1S/C17H19BrN2O/c1-11-6-5-9-13(10-11)16-19-15(14(18)17(21)20-16)12-7-3-2-4-8-12/h2-4,7-8,11,13H,5-6,9-10H2,1H3,(H,19,20,21). The van der Waals surface area contributed by atoms with Crippen molar-refractivity contribution < 1.29 is 0 Å². The van der Waals surface area contributed by atoms with Gasteiger partial charge in [-0.1, -0.05) is 50.1 Å². The largest absolute Gasteiger partial charge is 0.309 e. The molecule has 2 unspecified atom stereocenters. The second kappa shape index (κ2) is 6.14. The topological polar surface area (TPSA) is 45.8 Å². The monoisotopic (exact) mass is 346 g/mol. The number of nitrogens with zero attached hydrogens (tertiary/aromatic N) is 1. The quantitative estimate of drug-likeness (QED) is 0.870. The molecule has 1 fully saturated rings. The Morgan fingerprint density at radius 3 is 2.71 bits per heavy atom. The Balaban J connectivity index is 2.04. The van der Waals surface area contributed by atoms with Gasteiger partial charge in [0.15, 0.2) is 0 Å². The summed E-state index contributed by atoms with van der Waals surface area (Å²) in [5, 5.41) is 0. The van der Waals surface area contributed by atoms with Crippen LogP contribution < -0.4 is 5.56 Å². The molecule has 0 saturated heterocycles. The van der Waals surface area contributed by atoms with Crippen LogP contribution in [0.1, 0.15) is 44.3 Å². The van der Waals surface area contributed by atoms with Gasteiger partial charge in [-0.15, -0.1) is 0 Å². The maximum atomic E-state index is 12.2. The molecule has 1 aromatic heterocycles. The van der Waals surface area contributed by atoms with E-state index in [1.54, 1.807) is 0 Å². The Hall–Kier alpha value is -1.42. The van der Waals surface area contributed by atoms with Crippen LogP contribution in [-0.2, 0) is 0 Å². The third-order valence-corrected chi connectivity index (χ3v) is 4.99. The Labute approximate surface area is 133 Å². The van der Waals surface area contributed by atoms with Crippen molar-refractivity contribution in [3.8, 4) is 11.3 Å². The number of hydrogen-bond donors (Lipinski definition) is 1. The van der Waals surface area contributed by atoms with Gasteiger partial charge in [0.2, 0.25) is 0 Å². The highest BCUT2D eigenvalue weighted by Crippen LogP contribution is 2.35. The van der Waals surface area contributed by atoms with Crippen molar-refractivity contribution in [2.75, 3.05) is 0 Å². The van der Waals surface area contributed by atoms with Crippen LogP contribution in [0.2, 0.25) is 0 Å². The van der Waals surface area contributed by atoms with Gasteiger partial charge in [0.25, 0.3) is 5.56 Å². The van der Waals surface area contributed by atoms with E-state index in [9.17, 15) is 4.79 Å². The van der Waals surface area contributed by atoms with Gasteiger partial charge in [-0.25, -0.2) is 4.98 Å². The SMILES string of the molecule is CC1CCCC(c2nc(-c3ccccc3)c(Br)c(=O)[nH]2)C1. The summed E-state index contributed by atoms with van der Waals surface area (Å²) in [6, 6.07) is 9.87. The van der Waals surface area contributed by atoms with E-state index in [1.165, 1.54) is 12.8 Å². The predicted octanol–water partition coefficient (Wildman–Crippen LogP) is 4.49. The minimum atomic E-state index is -0.0860. The lowest BCUT2D eigenvalue weighted by molar-refractivity contribution is 0.335. The third kappa shape index (κ3) is 3.10. The third-order valence-electron chi connectivity index (χ3n) is 4.25. The van der Waals surface area contributed by atoms with Crippen LogP contribution in [0.4, 0.5) is 0 Å². The van der Waals surface area contributed by atoms with Gasteiger partial charge >= 0.3 is 0 Å². The minimum Gasteiger partial charge on any atom is -0.309 e. The molecule has 2 aromatic rings. The fraction of sp³-hybridized carbons (Fsp3) is 0.412. The average molecular weight is 347 g/mol. The Kier molecular flexibility index (Phi) is 4.24. The first-order valence-corrected chi connectivity index (χ1v) is 8.29. The molecular formula is C17H19BrN2O. The molecule has 2 atom stereocenters. The maximum absolute atomic E-state index is 12.2. The normalized spacial score (nSPS) is 22.2. The summed E-state index contributed by atoms with van der Waals surface area (Å²) in [7, 11) is 0. The molecular weight excluding hydrogens is 328 g/mol. The summed E-state index contributed by atoms with van der Waals surface area (Å²) in [5.41, 5.74) is 1.63. The zero-order valence-corrected chi connectivity index (χ0v) is 13.7. The van der Waals surface area contributed by atoms with E-state index in [0.717, 1.165) is 29.9 Å². The Bertz CT molecular complexity index is 681. The number of benzene rings is 1. The molecule has 0 radical (unpaired) electrons. The van der Waals surface area contributed by atoms with Crippen molar-refractivity contribution in [1.29, 1.82) is 0 Å². The second-order valence-electron chi connectivity index (χ2n) is 5.95. The van der Waals surface area contributed by atoms with E-state index in [1.807, 2.05) is 30.3 Å². The lowest BCUT2D eigenvalue weighted by Gasteiger charge is -2.26. The molecule has 0 aliphatic heterocycles. The van der Waals surface area contributed by atoms with Crippen molar-refractivity contribution in [3.63, 3.8) is 0 Å². The molecule has 4 heteroatoms. The molecule has 1 N–H and O–H groups in total. The number of hydrogen-bond acceptors (Lipinski definition) is 2. The van der Waals surface area contributed by atoms with E-state index in [0.29, 0.717) is 16.3 Å². The number of aromatic nitrogens is 2. The van der Waals surface area contributed by atoms with E-state index >= 15 is 0 Å². The molecule has 3 nitrogen and oxygen atoms in total. The summed E-state index contributed by atoms with van der Waals surface area (Å²) in [4.78, 5) is 19.9. The molecule has 1 aliphatic carbocycles. The fourth-order valence-electron chi connectivity index (χ4n) is 3.14. The summed E-state index contributed by atoms with van der Waals surface area (Å²) >= 11 is 3.38. The van der Waals surface area contributed by atoms with Gasteiger partial charge in [0.1, 0.15) is 10.3 Å². The highest BCUT2D eigenvalue weighted by Gasteiger charge is 2.23. The second-order valence-corrected chi connectivity index (χ2v) is 6.74. The van der Waals surface area contributed by atoms with Crippen LogP contribution in [0.5, 0.6) is 0 Å². The number of rotatable bonds is 2. The van der Waals surface area contributed by atoms with Crippen LogP contribution in [0, 0.1) is 5.92 Å². The number of nitrogens with one attached hydrogen (secondary N) is 1. The van der Waals surface area contributed by atoms with Crippen molar-refractivity contribution in [2.24, 2.45) is 5.92 Å². The van der Waals surface area contributed by atoms with E-state index in [-0.39, 0.29) is 5.56 Å². The van der Waals surface area contributed by atoms with Gasteiger partial charge in [-0.3, -0.25) is 4.79 Å². The first-order valence-electron chi connectivity index (χ1n) is 7.50. The zero-order valence-electron chi connectivity index (χ0n) is 12.1. The molecule has 0 spiro atoms. The number of halogens is 1. The molecule has 1 saturated carbocycles. The van der Waals surface area contributed by atoms with Crippen LogP contribution in [0.3, 0.4) is 0 Å². The van der Waals surface area contributed by atoms with Crippen molar-refractivity contribution in [1.82, 2.24) is 9.97 Å². The van der Waals surface area contributed by atoms with Crippen LogP contribution in [-0.4, -0.2) is 9.97 Å². The smallest absolute Gasteiger partial charge is 0.265 e. The summed E-state index contributed by atoms with van der Waals surface area (Å²) in [5.74, 6) is 1.92. The van der Waals surface area contributed by atoms with Gasteiger partial charge in [0.05, 0.1) is 5.69 Å². The lowest BCUT2D eigenvalue weighted by Crippen LogP contribution is -2.20. The van der Waals surface area contributed by atoms with Crippen LogP contribution in [0.25, 0.3) is 11.3 Å². The highest BCUT2D eigenvalue weighted by atomic mass is 79.9.